The molecule has 2 N–H and O–H groups in total. The highest BCUT2D eigenvalue weighted by Gasteiger charge is 2.35. The number of halogens is 1. The average molecular weight is 215 g/mol. The van der Waals surface area contributed by atoms with Crippen molar-refractivity contribution in [3.05, 3.63) is 21.1 Å². The standard InChI is InChI=1S/C7H7ClN4O2/c8-7-10-4(3-1-2-3)5(12(13)14)6(9)11-7/h3H,1-2H2,(H2,9,10,11). The van der Waals surface area contributed by atoms with Crippen molar-refractivity contribution in [3.8, 4) is 0 Å². The molecule has 0 radical (unpaired) electrons. The molecule has 0 saturated heterocycles. The first-order valence-corrected chi connectivity index (χ1v) is 4.44. The van der Waals surface area contributed by atoms with E-state index in [0.717, 1.165) is 12.8 Å². The van der Waals surface area contributed by atoms with Crippen LogP contribution in [0.3, 0.4) is 0 Å². The molecule has 1 aliphatic carbocycles. The number of nitrogens with two attached hydrogens (primary N) is 1. The fourth-order valence-electron chi connectivity index (χ4n) is 1.29. The number of nitro groups is 1. The van der Waals surface area contributed by atoms with Gasteiger partial charge < -0.3 is 5.73 Å². The first kappa shape index (κ1) is 9.14. The van der Waals surface area contributed by atoms with Crippen LogP contribution in [-0.4, -0.2) is 14.9 Å². The van der Waals surface area contributed by atoms with Gasteiger partial charge in [-0.2, -0.15) is 4.98 Å². The topological polar surface area (TPSA) is 94.9 Å². The van der Waals surface area contributed by atoms with Crippen molar-refractivity contribution in [1.29, 1.82) is 0 Å². The summed E-state index contributed by atoms with van der Waals surface area (Å²) in [5, 5.41) is 10.7. The van der Waals surface area contributed by atoms with Gasteiger partial charge >= 0.3 is 5.69 Å². The quantitative estimate of drug-likeness (QED) is 0.457. The zero-order chi connectivity index (χ0) is 10.3. The second kappa shape index (κ2) is 3.06. The van der Waals surface area contributed by atoms with Crippen molar-refractivity contribution in [2.45, 2.75) is 18.8 Å². The molecule has 0 bridgehead atoms. The van der Waals surface area contributed by atoms with Crippen LogP contribution >= 0.6 is 11.6 Å². The molecule has 1 heterocycles. The largest absolute Gasteiger partial charge is 0.378 e. The number of hydrogen-bond acceptors (Lipinski definition) is 5. The first-order chi connectivity index (χ1) is 6.59. The van der Waals surface area contributed by atoms with Gasteiger partial charge in [0.25, 0.3) is 0 Å². The fourth-order valence-corrected chi connectivity index (χ4v) is 1.47. The third kappa shape index (κ3) is 1.48. The lowest BCUT2D eigenvalue weighted by molar-refractivity contribution is -0.385. The number of nitrogens with zero attached hydrogens (tertiary/aromatic N) is 3. The Bertz CT molecular complexity index is 405. The SMILES string of the molecule is Nc1nc(Cl)nc(C2CC2)c1[N+](=O)[O-]. The van der Waals surface area contributed by atoms with Gasteiger partial charge in [-0.1, -0.05) is 0 Å². The maximum absolute atomic E-state index is 10.7. The minimum atomic E-state index is -0.556. The smallest absolute Gasteiger partial charge is 0.332 e. The molecule has 74 valence electrons. The van der Waals surface area contributed by atoms with Crippen LogP contribution in [0.15, 0.2) is 0 Å². The predicted molar refractivity (Wildman–Crippen MR) is 50.1 cm³/mol. The summed E-state index contributed by atoms with van der Waals surface area (Å²) >= 11 is 5.57. The maximum atomic E-state index is 10.7. The Morgan fingerprint density at radius 1 is 1.50 bits per heavy atom. The van der Waals surface area contributed by atoms with Gasteiger partial charge in [-0.3, -0.25) is 10.1 Å². The molecule has 1 aromatic rings. The summed E-state index contributed by atoms with van der Waals surface area (Å²) in [6, 6.07) is 0. The number of hydrogen-bond donors (Lipinski definition) is 1. The highest BCUT2D eigenvalue weighted by Crippen LogP contribution is 2.44. The molecule has 6 nitrogen and oxygen atoms in total. The van der Waals surface area contributed by atoms with E-state index in [1.807, 2.05) is 0 Å². The average Bonchev–Trinajstić information content (AvgIpc) is 2.82. The van der Waals surface area contributed by atoms with E-state index in [2.05, 4.69) is 9.97 Å². The molecule has 7 heteroatoms. The van der Waals surface area contributed by atoms with Gasteiger partial charge in [-0.25, -0.2) is 4.98 Å². The van der Waals surface area contributed by atoms with Crippen LogP contribution in [-0.2, 0) is 0 Å². The Morgan fingerprint density at radius 3 is 2.64 bits per heavy atom. The summed E-state index contributed by atoms with van der Waals surface area (Å²) in [6.45, 7) is 0. The van der Waals surface area contributed by atoms with Crippen LogP contribution in [0.1, 0.15) is 24.5 Å². The third-order valence-corrected chi connectivity index (χ3v) is 2.23. The molecule has 0 amide bonds. The van der Waals surface area contributed by atoms with Gasteiger partial charge in [0.15, 0.2) is 0 Å². The summed E-state index contributed by atoms with van der Waals surface area (Å²) in [5.41, 5.74) is 5.58. The van der Waals surface area contributed by atoms with Gasteiger partial charge in [0, 0.05) is 5.92 Å². The van der Waals surface area contributed by atoms with Crippen LogP contribution in [0.25, 0.3) is 0 Å². The number of anilines is 1. The molecule has 0 atom stereocenters. The molecule has 0 aromatic carbocycles. The van der Waals surface area contributed by atoms with Crippen LogP contribution in [0.4, 0.5) is 11.5 Å². The number of rotatable bonds is 2. The second-order valence-corrected chi connectivity index (χ2v) is 3.48. The van der Waals surface area contributed by atoms with E-state index in [-0.39, 0.29) is 22.7 Å². The highest BCUT2D eigenvalue weighted by molar-refractivity contribution is 6.28. The van der Waals surface area contributed by atoms with Crippen molar-refractivity contribution in [3.63, 3.8) is 0 Å². The van der Waals surface area contributed by atoms with E-state index in [1.165, 1.54) is 0 Å². The van der Waals surface area contributed by atoms with E-state index in [9.17, 15) is 10.1 Å². The van der Waals surface area contributed by atoms with Crippen LogP contribution in [0, 0.1) is 10.1 Å². The zero-order valence-corrected chi connectivity index (χ0v) is 7.86. The van der Waals surface area contributed by atoms with E-state index in [1.54, 1.807) is 0 Å². The van der Waals surface area contributed by atoms with Gasteiger partial charge in [-0.05, 0) is 24.4 Å². The molecule has 14 heavy (non-hydrogen) atoms. The molecular formula is C7H7ClN4O2. The summed E-state index contributed by atoms with van der Waals surface area (Å²) in [7, 11) is 0. The molecule has 1 saturated carbocycles. The highest BCUT2D eigenvalue weighted by atomic mass is 35.5. The molecule has 1 fully saturated rings. The first-order valence-electron chi connectivity index (χ1n) is 4.07. The molecule has 0 aliphatic heterocycles. The third-order valence-electron chi connectivity index (χ3n) is 2.06. The predicted octanol–water partition coefficient (Wildman–Crippen LogP) is 1.50. The second-order valence-electron chi connectivity index (χ2n) is 3.14. The lowest BCUT2D eigenvalue weighted by atomic mass is 10.2. The number of nitrogen functional groups attached to an aromatic ring is 1. The minimum Gasteiger partial charge on any atom is -0.378 e. The Kier molecular flexibility index (Phi) is 1.99. The summed E-state index contributed by atoms with van der Waals surface area (Å²) in [6.07, 6.45) is 1.79. The van der Waals surface area contributed by atoms with Crippen LogP contribution in [0.2, 0.25) is 5.28 Å². The Balaban J connectivity index is 2.58. The van der Waals surface area contributed by atoms with Crippen molar-refractivity contribution in [2.75, 3.05) is 5.73 Å². The van der Waals surface area contributed by atoms with Crippen LogP contribution in [0.5, 0.6) is 0 Å². The maximum Gasteiger partial charge on any atom is 0.332 e. The Hall–Kier alpha value is -1.43. The zero-order valence-electron chi connectivity index (χ0n) is 7.11. The summed E-state index contributed by atoms with van der Waals surface area (Å²) in [5.74, 6) is -0.0323. The normalized spacial score (nSPS) is 15.5. The number of aromatic nitrogens is 2. The molecule has 0 unspecified atom stereocenters. The van der Waals surface area contributed by atoms with E-state index >= 15 is 0 Å². The summed E-state index contributed by atoms with van der Waals surface area (Å²) in [4.78, 5) is 17.5. The van der Waals surface area contributed by atoms with E-state index in [0.29, 0.717) is 5.69 Å². The van der Waals surface area contributed by atoms with E-state index < -0.39 is 4.92 Å². The Labute approximate surface area is 84.3 Å². The van der Waals surface area contributed by atoms with Gasteiger partial charge in [0.05, 0.1) is 4.92 Å². The molecule has 1 aromatic heterocycles. The minimum absolute atomic E-state index is 0.0324. The lowest BCUT2D eigenvalue weighted by Gasteiger charge is -2.02. The molecular weight excluding hydrogens is 208 g/mol. The molecule has 2 rings (SSSR count). The van der Waals surface area contributed by atoms with Crippen molar-refractivity contribution in [2.24, 2.45) is 0 Å². The monoisotopic (exact) mass is 214 g/mol. The van der Waals surface area contributed by atoms with Crippen molar-refractivity contribution in [1.82, 2.24) is 9.97 Å². The van der Waals surface area contributed by atoms with Crippen LogP contribution < -0.4 is 5.73 Å². The van der Waals surface area contributed by atoms with Crippen molar-refractivity contribution >= 4 is 23.1 Å². The molecule has 0 spiro atoms. The van der Waals surface area contributed by atoms with Gasteiger partial charge in [0.1, 0.15) is 5.69 Å². The Morgan fingerprint density at radius 2 is 2.14 bits per heavy atom. The lowest BCUT2D eigenvalue weighted by Crippen LogP contribution is -2.05. The van der Waals surface area contributed by atoms with E-state index in [4.69, 9.17) is 17.3 Å². The van der Waals surface area contributed by atoms with Crippen molar-refractivity contribution < 1.29 is 4.92 Å². The van der Waals surface area contributed by atoms with Gasteiger partial charge in [-0.15, -0.1) is 0 Å². The fraction of sp³-hybridized carbons (Fsp3) is 0.429. The van der Waals surface area contributed by atoms with Gasteiger partial charge in [0.2, 0.25) is 11.1 Å². The molecule has 1 aliphatic rings. The summed E-state index contributed by atoms with van der Waals surface area (Å²) < 4.78 is 0.